The fourth-order valence-electron chi connectivity index (χ4n) is 3.11. The van der Waals surface area contributed by atoms with Crippen molar-refractivity contribution >= 4 is 33.0 Å². The lowest BCUT2D eigenvalue weighted by Crippen LogP contribution is -2.28. The second-order valence-electron chi connectivity index (χ2n) is 6.51. The van der Waals surface area contributed by atoms with Crippen molar-refractivity contribution in [2.45, 2.75) is 24.2 Å². The van der Waals surface area contributed by atoms with Crippen molar-refractivity contribution in [1.29, 1.82) is 0 Å². The van der Waals surface area contributed by atoms with Gasteiger partial charge in [0, 0.05) is 36.6 Å². The van der Waals surface area contributed by atoms with E-state index < -0.39 is 10.0 Å². The number of hydrogen-bond donors (Lipinski definition) is 1. The molecule has 0 spiro atoms. The third kappa shape index (κ3) is 3.71. The highest BCUT2D eigenvalue weighted by Gasteiger charge is 2.35. The first-order valence-electron chi connectivity index (χ1n) is 8.67. The summed E-state index contributed by atoms with van der Waals surface area (Å²) in [5, 5.41) is 14.7. The van der Waals surface area contributed by atoms with Gasteiger partial charge in [0.1, 0.15) is 0 Å². The van der Waals surface area contributed by atoms with E-state index in [0.29, 0.717) is 37.0 Å². The second kappa shape index (κ2) is 7.46. The number of nitrogens with one attached hydrogen (secondary N) is 1. The summed E-state index contributed by atoms with van der Waals surface area (Å²) in [6.45, 7) is 2.08. The predicted molar refractivity (Wildman–Crippen MR) is 104 cm³/mol. The van der Waals surface area contributed by atoms with Crippen LogP contribution in [-0.4, -0.2) is 41.9 Å². The molecule has 0 bridgehead atoms. The molecular formula is C18H18N4O4S2. The van der Waals surface area contributed by atoms with Crippen LogP contribution in [0.3, 0.4) is 0 Å². The van der Waals surface area contributed by atoms with Gasteiger partial charge in [-0.15, -0.1) is 10.2 Å². The summed E-state index contributed by atoms with van der Waals surface area (Å²) in [6, 6.07) is 8.04. The molecule has 28 heavy (non-hydrogen) atoms. The van der Waals surface area contributed by atoms with Crippen molar-refractivity contribution < 1.29 is 17.6 Å². The number of amides is 1. The van der Waals surface area contributed by atoms with E-state index in [1.54, 1.807) is 23.5 Å². The number of rotatable bonds is 5. The summed E-state index contributed by atoms with van der Waals surface area (Å²) in [4.78, 5) is 11.3. The Labute approximate surface area is 166 Å². The van der Waals surface area contributed by atoms with Crippen LogP contribution in [0.15, 0.2) is 50.4 Å². The number of nitrogens with zero attached hydrogens (tertiary/aromatic N) is 3. The smallest absolute Gasteiger partial charge is 0.248 e. The van der Waals surface area contributed by atoms with Gasteiger partial charge in [-0.25, -0.2) is 8.42 Å². The SMILES string of the molecule is CC(=O)Nc1ccc(S(=O)(=O)N2CC[C@@H](c3nnc(-c4ccsc4)o3)C2)cc1. The molecule has 1 aromatic carbocycles. The summed E-state index contributed by atoms with van der Waals surface area (Å²) in [5.41, 5.74) is 1.42. The van der Waals surface area contributed by atoms with Crippen LogP contribution in [0, 0.1) is 0 Å². The maximum Gasteiger partial charge on any atom is 0.248 e. The van der Waals surface area contributed by atoms with E-state index in [1.165, 1.54) is 23.4 Å². The zero-order chi connectivity index (χ0) is 19.7. The highest BCUT2D eigenvalue weighted by Crippen LogP contribution is 2.32. The largest absolute Gasteiger partial charge is 0.420 e. The normalized spacial score (nSPS) is 17.7. The zero-order valence-corrected chi connectivity index (χ0v) is 16.7. The molecule has 8 nitrogen and oxygen atoms in total. The van der Waals surface area contributed by atoms with Gasteiger partial charge in [0.15, 0.2) is 0 Å². The second-order valence-corrected chi connectivity index (χ2v) is 9.23. The lowest BCUT2D eigenvalue weighted by atomic mass is 10.1. The summed E-state index contributed by atoms with van der Waals surface area (Å²) < 4.78 is 33.0. The number of thiophene rings is 1. The monoisotopic (exact) mass is 418 g/mol. The first-order valence-corrected chi connectivity index (χ1v) is 11.1. The minimum absolute atomic E-state index is 0.131. The third-order valence-electron chi connectivity index (χ3n) is 4.52. The Balaban J connectivity index is 1.48. The lowest BCUT2D eigenvalue weighted by molar-refractivity contribution is -0.114. The van der Waals surface area contributed by atoms with Crippen molar-refractivity contribution in [3.8, 4) is 11.5 Å². The van der Waals surface area contributed by atoms with Gasteiger partial charge < -0.3 is 9.73 Å². The van der Waals surface area contributed by atoms with Crippen molar-refractivity contribution in [1.82, 2.24) is 14.5 Å². The Hall–Kier alpha value is -2.56. The fraction of sp³-hybridized carbons (Fsp3) is 0.278. The summed E-state index contributed by atoms with van der Waals surface area (Å²) >= 11 is 1.54. The van der Waals surface area contributed by atoms with Crippen LogP contribution in [0.4, 0.5) is 5.69 Å². The molecular weight excluding hydrogens is 400 g/mol. The molecule has 1 amide bonds. The average molecular weight is 419 g/mol. The van der Waals surface area contributed by atoms with Crippen LogP contribution in [0.25, 0.3) is 11.5 Å². The van der Waals surface area contributed by atoms with E-state index in [9.17, 15) is 13.2 Å². The topological polar surface area (TPSA) is 105 Å². The van der Waals surface area contributed by atoms with Gasteiger partial charge in [-0.3, -0.25) is 4.79 Å². The molecule has 10 heteroatoms. The number of anilines is 1. The maximum atomic E-state index is 12.9. The molecule has 2 aromatic heterocycles. The Morgan fingerprint density at radius 2 is 2.04 bits per heavy atom. The minimum Gasteiger partial charge on any atom is -0.420 e. The van der Waals surface area contributed by atoms with Crippen LogP contribution in [0.5, 0.6) is 0 Å². The third-order valence-corrected chi connectivity index (χ3v) is 7.08. The molecule has 4 rings (SSSR count). The molecule has 0 aliphatic carbocycles. The molecule has 0 radical (unpaired) electrons. The average Bonchev–Trinajstić information content (AvgIpc) is 3.40. The zero-order valence-electron chi connectivity index (χ0n) is 15.0. The quantitative estimate of drug-likeness (QED) is 0.683. The van der Waals surface area contributed by atoms with Crippen molar-refractivity contribution in [3.05, 3.63) is 47.0 Å². The highest BCUT2D eigenvalue weighted by molar-refractivity contribution is 7.89. The standard InChI is InChI=1S/C18H18N4O4S2/c1-12(23)19-15-2-4-16(5-3-15)28(24,25)22-8-6-13(10-22)17-20-21-18(26-17)14-7-9-27-11-14/h2-5,7,9,11,13H,6,8,10H2,1H3,(H,19,23)/t13-/m1/s1. The lowest BCUT2D eigenvalue weighted by Gasteiger charge is -2.16. The molecule has 1 saturated heterocycles. The molecule has 1 aliphatic heterocycles. The van der Waals surface area contributed by atoms with Gasteiger partial charge in [-0.05, 0) is 42.1 Å². The Morgan fingerprint density at radius 3 is 2.71 bits per heavy atom. The number of hydrogen-bond acceptors (Lipinski definition) is 7. The minimum atomic E-state index is -3.63. The first kappa shape index (κ1) is 18.8. The molecule has 1 aliphatic rings. The maximum absolute atomic E-state index is 12.9. The van der Waals surface area contributed by atoms with Crippen LogP contribution in [0.2, 0.25) is 0 Å². The summed E-state index contributed by atoms with van der Waals surface area (Å²) in [6.07, 6.45) is 0.620. The van der Waals surface area contributed by atoms with Crippen LogP contribution < -0.4 is 5.32 Å². The van der Waals surface area contributed by atoms with Crippen LogP contribution in [-0.2, 0) is 14.8 Å². The Kier molecular flexibility index (Phi) is 5.00. The molecule has 0 saturated carbocycles. The summed E-state index contributed by atoms with van der Waals surface area (Å²) in [7, 11) is -3.63. The van der Waals surface area contributed by atoms with Crippen molar-refractivity contribution in [2.75, 3.05) is 18.4 Å². The van der Waals surface area contributed by atoms with E-state index in [0.717, 1.165) is 5.56 Å². The van der Waals surface area contributed by atoms with Crippen molar-refractivity contribution in [3.63, 3.8) is 0 Å². The van der Waals surface area contributed by atoms with E-state index in [4.69, 9.17) is 4.42 Å². The molecule has 3 heterocycles. The number of sulfonamides is 1. The van der Waals surface area contributed by atoms with Gasteiger partial charge in [-0.1, -0.05) is 0 Å². The molecule has 1 N–H and O–H groups in total. The van der Waals surface area contributed by atoms with E-state index in [1.807, 2.05) is 16.8 Å². The molecule has 146 valence electrons. The van der Waals surface area contributed by atoms with Gasteiger partial charge >= 0.3 is 0 Å². The first-order chi connectivity index (χ1) is 13.4. The van der Waals surface area contributed by atoms with E-state index in [-0.39, 0.29) is 16.7 Å². The van der Waals surface area contributed by atoms with Crippen molar-refractivity contribution in [2.24, 2.45) is 0 Å². The van der Waals surface area contributed by atoms with Crippen LogP contribution >= 0.6 is 11.3 Å². The van der Waals surface area contributed by atoms with Gasteiger partial charge in [-0.2, -0.15) is 15.6 Å². The number of aromatic nitrogens is 2. The Bertz CT molecular complexity index is 1080. The fourth-order valence-corrected chi connectivity index (χ4v) is 5.24. The molecule has 0 unspecified atom stereocenters. The van der Waals surface area contributed by atoms with Gasteiger partial charge in [0.2, 0.25) is 27.7 Å². The van der Waals surface area contributed by atoms with E-state index >= 15 is 0 Å². The molecule has 1 atom stereocenters. The summed E-state index contributed by atoms with van der Waals surface area (Å²) in [5.74, 6) is 0.568. The van der Waals surface area contributed by atoms with Crippen LogP contribution in [0.1, 0.15) is 25.2 Å². The van der Waals surface area contributed by atoms with Gasteiger partial charge in [0.05, 0.1) is 10.8 Å². The predicted octanol–water partition coefficient (Wildman–Crippen LogP) is 2.93. The van der Waals surface area contributed by atoms with Gasteiger partial charge in [0.25, 0.3) is 0 Å². The molecule has 1 fully saturated rings. The number of benzene rings is 1. The van der Waals surface area contributed by atoms with E-state index in [2.05, 4.69) is 15.5 Å². The molecule has 3 aromatic rings. The number of carbonyl (C=O) groups is 1. The highest BCUT2D eigenvalue weighted by atomic mass is 32.2. The number of carbonyl (C=O) groups excluding carboxylic acids is 1. The Morgan fingerprint density at radius 1 is 1.25 bits per heavy atom.